The molecule has 0 fully saturated rings. The molecular formula is C20H17ClN2O6. The molecule has 2 aromatic carbocycles. The topological polar surface area (TPSA) is 100 Å². The van der Waals surface area contributed by atoms with Crippen LogP contribution in [0.4, 0.5) is 5.69 Å². The number of benzene rings is 2. The van der Waals surface area contributed by atoms with Gasteiger partial charge in [-0.1, -0.05) is 11.6 Å². The fraction of sp³-hybridized carbons (Fsp3) is 0.200. The summed E-state index contributed by atoms with van der Waals surface area (Å²) in [7, 11) is 0. The van der Waals surface area contributed by atoms with Crippen molar-refractivity contribution in [3.05, 3.63) is 68.4 Å². The van der Waals surface area contributed by atoms with E-state index < -0.39 is 10.9 Å². The molecule has 0 unspecified atom stereocenters. The summed E-state index contributed by atoms with van der Waals surface area (Å²) < 4.78 is 16.3. The lowest BCUT2D eigenvalue weighted by Gasteiger charge is -2.10. The standard InChI is InChI=1S/C20H17ClN2O6/c1-3-27-14-7-5-12(18(11-14)28-4-2)9-16-20(24)29-19(22-16)13-6-8-15(21)17(10-13)23(25)26/h5-11H,3-4H2,1-2H3/b16-9-. The van der Waals surface area contributed by atoms with Gasteiger partial charge in [0, 0.05) is 23.3 Å². The van der Waals surface area contributed by atoms with E-state index in [1.807, 2.05) is 13.8 Å². The predicted molar refractivity (Wildman–Crippen MR) is 107 cm³/mol. The number of aliphatic imine (C=N–C) groups is 1. The molecule has 0 amide bonds. The Morgan fingerprint density at radius 2 is 1.93 bits per heavy atom. The molecule has 0 aliphatic carbocycles. The molecule has 9 heteroatoms. The van der Waals surface area contributed by atoms with Crippen LogP contribution < -0.4 is 9.47 Å². The van der Waals surface area contributed by atoms with Crippen LogP contribution in [0.1, 0.15) is 25.0 Å². The van der Waals surface area contributed by atoms with E-state index in [0.29, 0.717) is 30.3 Å². The van der Waals surface area contributed by atoms with E-state index in [-0.39, 0.29) is 27.9 Å². The van der Waals surface area contributed by atoms with Gasteiger partial charge in [0.05, 0.1) is 18.1 Å². The van der Waals surface area contributed by atoms with Gasteiger partial charge in [0.15, 0.2) is 5.70 Å². The van der Waals surface area contributed by atoms with E-state index in [0.717, 1.165) is 0 Å². The highest BCUT2D eigenvalue weighted by Gasteiger charge is 2.26. The maximum atomic E-state index is 12.3. The number of esters is 1. The summed E-state index contributed by atoms with van der Waals surface area (Å²) in [6, 6.07) is 9.29. The number of rotatable bonds is 7. The predicted octanol–water partition coefficient (Wildman–Crippen LogP) is 4.39. The second-order valence-electron chi connectivity index (χ2n) is 5.83. The number of nitro groups is 1. The molecule has 1 aliphatic rings. The Hall–Kier alpha value is -3.39. The Morgan fingerprint density at radius 1 is 1.17 bits per heavy atom. The molecule has 0 saturated heterocycles. The quantitative estimate of drug-likeness (QED) is 0.287. The second kappa shape index (κ2) is 8.74. The van der Waals surface area contributed by atoms with Crippen LogP contribution in [-0.4, -0.2) is 30.0 Å². The zero-order valence-electron chi connectivity index (χ0n) is 15.7. The number of ether oxygens (including phenoxy) is 3. The lowest BCUT2D eigenvalue weighted by atomic mass is 10.1. The largest absolute Gasteiger partial charge is 0.494 e. The Kier molecular flexibility index (Phi) is 6.13. The maximum Gasteiger partial charge on any atom is 0.363 e. The average molecular weight is 417 g/mol. The number of cyclic esters (lactones) is 1. The monoisotopic (exact) mass is 416 g/mol. The van der Waals surface area contributed by atoms with Crippen LogP contribution in [0.25, 0.3) is 6.08 Å². The number of hydrogen-bond acceptors (Lipinski definition) is 7. The summed E-state index contributed by atoms with van der Waals surface area (Å²) >= 11 is 5.82. The molecule has 1 heterocycles. The normalized spacial score (nSPS) is 14.5. The minimum absolute atomic E-state index is 0.0183. The first-order chi connectivity index (χ1) is 13.9. The minimum Gasteiger partial charge on any atom is -0.494 e. The van der Waals surface area contributed by atoms with E-state index in [1.54, 1.807) is 18.2 Å². The van der Waals surface area contributed by atoms with Crippen molar-refractivity contribution in [3.8, 4) is 11.5 Å². The van der Waals surface area contributed by atoms with Crippen LogP contribution in [0.2, 0.25) is 5.02 Å². The number of halogens is 1. The summed E-state index contributed by atoms with van der Waals surface area (Å²) in [5, 5.41) is 11.1. The third kappa shape index (κ3) is 4.55. The highest BCUT2D eigenvalue weighted by molar-refractivity contribution is 6.32. The van der Waals surface area contributed by atoms with E-state index in [2.05, 4.69) is 4.99 Å². The maximum absolute atomic E-state index is 12.3. The number of hydrogen-bond donors (Lipinski definition) is 0. The van der Waals surface area contributed by atoms with Crippen molar-refractivity contribution in [3.63, 3.8) is 0 Å². The molecule has 8 nitrogen and oxygen atoms in total. The Morgan fingerprint density at radius 3 is 2.62 bits per heavy atom. The lowest BCUT2D eigenvalue weighted by Crippen LogP contribution is -2.06. The Balaban J connectivity index is 1.97. The summed E-state index contributed by atoms with van der Waals surface area (Å²) in [5.74, 6) is 0.466. The molecule has 0 N–H and O–H groups in total. The third-order valence-corrected chi connectivity index (χ3v) is 4.22. The lowest BCUT2D eigenvalue weighted by molar-refractivity contribution is -0.384. The van der Waals surface area contributed by atoms with E-state index >= 15 is 0 Å². The first-order valence-electron chi connectivity index (χ1n) is 8.79. The van der Waals surface area contributed by atoms with Gasteiger partial charge in [-0.25, -0.2) is 9.79 Å². The van der Waals surface area contributed by atoms with Crippen molar-refractivity contribution in [2.75, 3.05) is 13.2 Å². The van der Waals surface area contributed by atoms with Gasteiger partial charge in [-0.3, -0.25) is 10.1 Å². The summed E-state index contributed by atoms with van der Waals surface area (Å²) in [5.41, 5.74) is 0.636. The second-order valence-corrected chi connectivity index (χ2v) is 6.23. The highest BCUT2D eigenvalue weighted by Crippen LogP contribution is 2.30. The zero-order valence-corrected chi connectivity index (χ0v) is 16.4. The molecule has 0 saturated carbocycles. The van der Waals surface area contributed by atoms with Crippen molar-refractivity contribution in [1.82, 2.24) is 0 Å². The molecule has 0 atom stereocenters. The molecule has 29 heavy (non-hydrogen) atoms. The number of nitro benzene ring substituents is 1. The fourth-order valence-corrected chi connectivity index (χ4v) is 2.82. The van der Waals surface area contributed by atoms with Crippen molar-refractivity contribution < 1.29 is 23.9 Å². The molecular weight excluding hydrogens is 400 g/mol. The number of carbonyl (C=O) groups is 1. The molecule has 150 valence electrons. The summed E-state index contributed by atoms with van der Waals surface area (Å²) in [4.78, 5) is 26.9. The third-order valence-electron chi connectivity index (χ3n) is 3.90. The molecule has 1 aliphatic heterocycles. The Labute approximate surface area is 171 Å². The van der Waals surface area contributed by atoms with E-state index in [1.165, 1.54) is 24.3 Å². The average Bonchev–Trinajstić information content (AvgIpc) is 3.05. The molecule has 0 spiro atoms. The van der Waals surface area contributed by atoms with Gasteiger partial charge in [0.1, 0.15) is 16.5 Å². The van der Waals surface area contributed by atoms with Crippen LogP contribution in [-0.2, 0) is 9.53 Å². The first kappa shape index (κ1) is 20.3. The van der Waals surface area contributed by atoms with E-state index in [9.17, 15) is 14.9 Å². The molecule has 0 bridgehead atoms. The van der Waals surface area contributed by atoms with Gasteiger partial charge in [-0.15, -0.1) is 0 Å². The smallest absolute Gasteiger partial charge is 0.363 e. The first-order valence-corrected chi connectivity index (χ1v) is 9.17. The summed E-state index contributed by atoms with van der Waals surface area (Å²) in [6.07, 6.45) is 1.53. The molecule has 0 radical (unpaired) electrons. The molecule has 0 aromatic heterocycles. The van der Waals surface area contributed by atoms with Crippen molar-refractivity contribution in [2.24, 2.45) is 4.99 Å². The fourth-order valence-electron chi connectivity index (χ4n) is 2.64. The number of nitrogens with zero attached hydrogens (tertiary/aromatic N) is 2. The van der Waals surface area contributed by atoms with Crippen molar-refractivity contribution >= 4 is 35.2 Å². The van der Waals surface area contributed by atoms with Crippen molar-refractivity contribution in [1.29, 1.82) is 0 Å². The Bertz CT molecular complexity index is 1030. The van der Waals surface area contributed by atoms with Crippen LogP contribution in [0.15, 0.2) is 47.1 Å². The van der Waals surface area contributed by atoms with Gasteiger partial charge < -0.3 is 14.2 Å². The van der Waals surface area contributed by atoms with E-state index in [4.69, 9.17) is 25.8 Å². The molecule has 2 aromatic rings. The van der Waals surface area contributed by atoms with Crippen LogP contribution >= 0.6 is 11.6 Å². The van der Waals surface area contributed by atoms with Gasteiger partial charge in [-0.2, -0.15) is 0 Å². The SMILES string of the molecule is CCOc1ccc(/C=C2\N=C(c3ccc(Cl)c([N+](=O)[O-])c3)OC2=O)c(OCC)c1. The summed E-state index contributed by atoms with van der Waals surface area (Å²) in [6.45, 7) is 4.66. The minimum atomic E-state index is -0.672. The number of carbonyl (C=O) groups excluding carboxylic acids is 1. The molecule has 3 rings (SSSR count). The highest BCUT2D eigenvalue weighted by atomic mass is 35.5. The van der Waals surface area contributed by atoms with Crippen LogP contribution in [0, 0.1) is 10.1 Å². The van der Waals surface area contributed by atoms with Gasteiger partial charge in [0.2, 0.25) is 5.90 Å². The van der Waals surface area contributed by atoms with Gasteiger partial charge in [0.25, 0.3) is 5.69 Å². The van der Waals surface area contributed by atoms with Gasteiger partial charge in [-0.05, 0) is 44.2 Å². The van der Waals surface area contributed by atoms with Gasteiger partial charge >= 0.3 is 5.97 Å². The van der Waals surface area contributed by atoms with Crippen LogP contribution in [0.3, 0.4) is 0 Å². The zero-order chi connectivity index (χ0) is 21.0. The van der Waals surface area contributed by atoms with Crippen LogP contribution in [0.5, 0.6) is 11.5 Å². The van der Waals surface area contributed by atoms with Crippen molar-refractivity contribution in [2.45, 2.75) is 13.8 Å².